The van der Waals surface area contributed by atoms with E-state index in [9.17, 15) is 0 Å². The van der Waals surface area contributed by atoms with E-state index >= 15 is 0 Å². The predicted octanol–water partition coefficient (Wildman–Crippen LogP) is 3.28. The van der Waals surface area contributed by atoms with Gasteiger partial charge in [0.1, 0.15) is 0 Å². The van der Waals surface area contributed by atoms with Crippen LogP contribution in [0.25, 0.3) is 0 Å². The van der Waals surface area contributed by atoms with Crippen molar-refractivity contribution in [2.24, 2.45) is 0 Å². The molecule has 1 fully saturated rings. The van der Waals surface area contributed by atoms with Crippen LogP contribution in [0.2, 0.25) is 0 Å². The van der Waals surface area contributed by atoms with Gasteiger partial charge in [-0.2, -0.15) is 0 Å². The summed E-state index contributed by atoms with van der Waals surface area (Å²) >= 11 is 2.29. The fraction of sp³-hybridized carbons (Fsp3) is 0.389. The number of rotatable bonds is 5. The van der Waals surface area contributed by atoms with Crippen LogP contribution in [0, 0.1) is 3.57 Å². The Morgan fingerprint density at radius 2 is 2.17 bits per heavy atom. The van der Waals surface area contributed by atoms with Gasteiger partial charge >= 0.3 is 0 Å². The number of nitrogens with zero attached hydrogens (tertiary/aromatic N) is 1. The minimum atomic E-state index is 0.353. The van der Waals surface area contributed by atoms with Crippen molar-refractivity contribution >= 4 is 22.6 Å². The number of hydrogen-bond donors (Lipinski definition) is 2. The zero-order valence-electron chi connectivity index (χ0n) is 13.3. The average Bonchev–Trinajstić information content (AvgIpc) is 2.61. The first-order valence-corrected chi connectivity index (χ1v) is 9.06. The summed E-state index contributed by atoms with van der Waals surface area (Å²) in [5.74, 6) is 0.706. The predicted molar refractivity (Wildman–Crippen MR) is 101 cm³/mol. The van der Waals surface area contributed by atoms with Crippen LogP contribution in [0.1, 0.15) is 30.0 Å². The number of benzene rings is 1. The van der Waals surface area contributed by atoms with Gasteiger partial charge in [-0.3, -0.25) is 0 Å². The highest BCUT2D eigenvalue weighted by Crippen LogP contribution is 2.25. The molecular formula is C18H22IN3O. The van der Waals surface area contributed by atoms with E-state index in [4.69, 9.17) is 4.74 Å². The van der Waals surface area contributed by atoms with Crippen molar-refractivity contribution in [2.75, 3.05) is 13.7 Å². The molecule has 5 heteroatoms. The van der Waals surface area contributed by atoms with Crippen LogP contribution in [0.15, 0.2) is 42.6 Å². The maximum Gasteiger partial charge on any atom is 0.217 e. The Kier molecular flexibility index (Phi) is 5.85. The SMILES string of the molecule is COc1ncc(I)cc1CN[C@H]1CCCN[C@H]1c1ccccc1. The van der Waals surface area contributed by atoms with E-state index in [0.717, 1.165) is 22.2 Å². The summed E-state index contributed by atoms with van der Waals surface area (Å²) in [7, 11) is 1.67. The Bertz CT molecular complexity index is 635. The fourth-order valence-corrected chi connectivity index (χ4v) is 3.65. The highest BCUT2D eigenvalue weighted by atomic mass is 127. The van der Waals surface area contributed by atoms with Gasteiger partial charge in [0, 0.05) is 34.0 Å². The van der Waals surface area contributed by atoms with Gasteiger partial charge < -0.3 is 15.4 Å². The van der Waals surface area contributed by atoms with Crippen LogP contribution in [0.4, 0.5) is 0 Å². The molecule has 1 saturated heterocycles. The highest BCUT2D eigenvalue weighted by molar-refractivity contribution is 14.1. The Morgan fingerprint density at radius 3 is 2.96 bits per heavy atom. The van der Waals surface area contributed by atoms with Crippen molar-refractivity contribution < 1.29 is 4.74 Å². The van der Waals surface area contributed by atoms with Crippen LogP contribution in [0.5, 0.6) is 5.88 Å². The lowest BCUT2D eigenvalue weighted by atomic mass is 9.92. The van der Waals surface area contributed by atoms with Crippen LogP contribution in [-0.2, 0) is 6.54 Å². The second-order valence-corrected chi connectivity index (χ2v) is 7.04. The molecule has 0 aliphatic carbocycles. The van der Waals surface area contributed by atoms with Crippen molar-refractivity contribution in [3.63, 3.8) is 0 Å². The molecular weight excluding hydrogens is 401 g/mol. The molecule has 1 aromatic heterocycles. The third-order valence-electron chi connectivity index (χ3n) is 4.26. The van der Waals surface area contributed by atoms with E-state index in [1.807, 2.05) is 6.20 Å². The van der Waals surface area contributed by atoms with Crippen LogP contribution in [-0.4, -0.2) is 24.7 Å². The summed E-state index contributed by atoms with van der Waals surface area (Å²) in [5.41, 5.74) is 2.45. The Balaban J connectivity index is 1.72. The summed E-state index contributed by atoms with van der Waals surface area (Å²) < 4.78 is 6.51. The monoisotopic (exact) mass is 423 g/mol. The summed E-state index contributed by atoms with van der Waals surface area (Å²) in [6, 6.07) is 13.6. The van der Waals surface area contributed by atoms with Gasteiger partial charge in [-0.1, -0.05) is 30.3 Å². The third-order valence-corrected chi connectivity index (χ3v) is 4.85. The smallest absolute Gasteiger partial charge is 0.217 e. The number of piperidine rings is 1. The molecule has 0 amide bonds. The molecule has 1 aromatic carbocycles. The quantitative estimate of drug-likeness (QED) is 0.725. The lowest BCUT2D eigenvalue weighted by molar-refractivity contribution is 0.302. The minimum absolute atomic E-state index is 0.353. The molecule has 1 aliphatic heterocycles. The van der Waals surface area contributed by atoms with Crippen molar-refractivity contribution in [1.29, 1.82) is 0 Å². The lowest BCUT2D eigenvalue weighted by Crippen LogP contribution is -2.45. The van der Waals surface area contributed by atoms with Crippen molar-refractivity contribution in [2.45, 2.75) is 31.5 Å². The second-order valence-electron chi connectivity index (χ2n) is 5.79. The number of ether oxygens (including phenoxy) is 1. The molecule has 1 aliphatic rings. The zero-order chi connectivity index (χ0) is 16.1. The topological polar surface area (TPSA) is 46.2 Å². The molecule has 23 heavy (non-hydrogen) atoms. The summed E-state index contributed by atoms with van der Waals surface area (Å²) in [6.07, 6.45) is 4.20. The summed E-state index contributed by atoms with van der Waals surface area (Å²) in [5, 5.41) is 7.35. The molecule has 0 bridgehead atoms. The molecule has 0 unspecified atom stereocenters. The lowest BCUT2D eigenvalue weighted by Gasteiger charge is -2.34. The molecule has 2 heterocycles. The fourth-order valence-electron chi connectivity index (χ4n) is 3.14. The van der Waals surface area contributed by atoms with Gasteiger partial charge in [0.25, 0.3) is 0 Å². The highest BCUT2D eigenvalue weighted by Gasteiger charge is 2.25. The van der Waals surface area contributed by atoms with E-state index in [1.54, 1.807) is 7.11 Å². The van der Waals surface area contributed by atoms with Gasteiger partial charge in [-0.25, -0.2) is 4.98 Å². The minimum Gasteiger partial charge on any atom is -0.481 e. The maximum absolute atomic E-state index is 5.38. The van der Waals surface area contributed by atoms with Crippen LogP contribution >= 0.6 is 22.6 Å². The first-order chi connectivity index (χ1) is 11.3. The first kappa shape index (κ1) is 16.7. The number of halogens is 1. The van der Waals surface area contributed by atoms with Crippen LogP contribution in [0.3, 0.4) is 0 Å². The van der Waals surface area contributed by atoms with Crippen molar-refractivity contribution in [3.05, 3.63) is 57.3 Å². The van der Waals surface area contributed by atoms with Crippen molar-refractivity contribution in [1.82, 2.24) is 15.6 Å². The molecule has 0 saturated carbocycles. The molecule has 2 aromatic rings. The average molecular weight is 423 g/mol. The van der Waals surface area contributed by atoms with E-state index in [-0.39, 0.29) is 0 Å². The van der Waals surface area contributed by atoms with Gasteiger partial charge in [-0.05, 0) is 53.6 Å². The maximum atomic E-state index is 5.38. The molecule has 3 rings (SSSR count). The van der Waals surface area contributed by atoms with E-state index < -0.39 is 0 Å². The molecule has 122 valence electrons. The zero-order valence-corrected chi connectivity index (χ0v) is 15.4. The van der Waals surface area contributed by atoms with Gasteiger partial charge in [-0.15, -0.1) is 0 Å². The Labute approximate surface area is 151 Å². The molecule has 2 N–H and O–H groups in total. The summed E-state index contributed by atoms with van der Waals surface area (Å²) in [6.45, 7) is 1.84. The normalized spacial score (nSPS) is 21.1. The van der Waals surface area contributed by atoms with E-state index in [1.165, 1.54) is 18.4 Å². The Morgan fingerprint density at radius 1 is 1.35 bits per heavy atom. The number of aromatic nitrogens is 1. The number of nitrogens with one attached hydrogen (secondary N) is 2. The van der Waals surface area contributed by atoms with Crippen LogP contribution < -0.4 is 15.4 Å². The number of methoxy groups -OCH3 is 1. The van der Waals surface area contributed by atoms with Crippen molar-refractivity contribution in [3.8, 4) is 5.88 Å². The first-order valence-electron chi connectivity index (χ1n) is 7.98. The second kappa shape index (κ2) is 8.08. The molecule has 0 radical (unpaired) electrons. The Hall–Kier alpha value is -1.18. The van der Waals surface area contributed by atoms with E-state index in [0.29, 0.717) is 18.0 Å². The summed E-state index contributed by atoms with van der Waals surface area (Å²) in [4.78, 5) is 4.35. The molecule has 4 nitrogen and oxygen atoms in total. The standard InChI is InChI=1S/C18H22IN3O/c1-23-18-14(10-15(19)12-22-18)11-21-16-8-5-9-20-17(16)13-6-3-2-4-7-13/h2-4,6-7,10,12,16-17,20-21H,5,8-9,11H2,1H3/t16-,17-/m0/s1. The number of pyridine rings is 1. The largest absolute Gasteiger partial charge is 0.481 e. The van der Waals surface area contributed by atoms with Gasteiger partial charge in [0.2, 0.25) is 5.88 Å². The number of hydrogen-bond acceptors (Lipinski definition) is 4. The molecule has 0 spiro atoms. The van der Waals surface area contributed by atoms with Gasteiger partial charge in [0.15, 0.2) is 0 Å². The third kappa shape index (κ3) is 4.22. The molecule has 2 atom stereocenters. The van der Waals surface area contributed by atoms with Gasteiger partial charge in [0.05, 0.1) is 7.11 Å². The van der Waals surface area contributed by atoms with E-state index in [2.05, 4.69) is 74.6 Å².